The summed E-state index contributed by atoms with van der Waals surface area (Å²) >= 11 is 0. The van der Waals surface area contributed by atoms with Crippen molar-refractivity contribution in [1.29, 1.82) is 0 Å². The van der Waals surface area contributed by atoms with Crippen LogP contribution in [-0.2, 0) is 9.53 Å². The number of hydrogen-bond donors (Lipinski definition) is 1. The van der Waals surface area contributed by atoms with Gasteiger partial charge in [0.1, 0.15) is 6.04 Å². The quantitative estimate of drug-likeness (QED) is 0.800. The van der Waals surface area contributed by atoms with Crippen molar-refractivity contribution in [2.75, 3.05) is 13.2 Å². The molecule has 2 rings (SSSR count). The Hall–Kier alpha value is -1.35. The summed E-state index contributed by atoms with van der Waals surface area (Å²) in [6.45, 7) is 7.30. The lowest BCUT2D eigenvalue weighted by molar-refractivity contribution is -0.145. The summed E-state index contributed by atoms with van der Waals surface area (Å²) in [5, 5.41) is 3.38. The van der Waals surface area contributed by atoms with Crippen molar-refractivity contribution in [2.45, 2.75) is 39.7 Å². The van der Waals surface area contributed by atoms with E-state index in [1.54, 1.807) is 0 Å². The standard InChI is InChI=1S/C16H23NO2/c1-4-19-16(18)15(17-10-13-8-9-13)14-7-5-6-11(2)12(14)3/h5-7,13,15,17H,4,8-10H2,1-3H3. The molecule has 0 aliphatic heterocycles. The zero-order chi connectivity index (χ0) is 13.8. The fraction of sp³-hybridized carbons (Fsp3) is 0.562. The molecule has 1 saturated carbocycles. The van der Waals surface area contributed by atoms with Crippen LogP contribution in [0, 0.1) is 19.8 Å². The summed E-state index contributed by atoms with van der Waals surface area (Å²) in [6.07, 6.45) is 2.55. The minimum Gasteiger partial charge on any atom is -0.465 e. The summed E-state index contributed by atoms with van der Waals surface area (Å²) < 4.78 is 5.20. The van der Waals surface area contributed by atoms with E-state index >= 15 is 0 Å². The molecule has 0 spiro atoms. The zero-order valence-electron chi connectivity index (χ0n) is 12.0. The molecule has 3 nitrogen and oxygen atoms in total. The van der Waals surface area contributed by atoms with Gasteiger partial charge in [0.25, 0.3) is 0 Å². The molecular formula is C16H23NO2. The first-order valence-electron chi connectivity index (χ1n) is 7.09. The number of nitrogens with one attached hydrogen (secondary N) is 1. The molecule has 0 heterocycles. The predicted molar refractivity (Wildman–Crippen MR) is 76.0 cm³/mol. The number of carbonyl (C=O) groups excluding carboxylic acids is 1. The Morgan fingerprint density at radius 1 is 1.42 bits per heavy atom. The fourth-order valence-corrected chi connectivity index (χ4v) is 2.24. The number of benzene rings is 1. The smallest absolute Gasteiger partial charge is 0.327 e. The Morgan fingerprint density at radius 2 is 2.16 bits per heavy atom. The van der Waals surface area contributed by atoms with Gasteiger partial charge in [-0.2, -0.15) is 0 Å². The normalized spacial score (nSPS) is 16.2. The minimum absolute atomic E-state index is 0.170. The molecule has 0 saturated heterocycles. The second-order valence-electron chi connectivity index (χ2n) is 5.33. The third-order valence-corrected chi connectivity index (χ3v) is 3.79. The number of aryl methyl sites for hydroxylation is 1. The maximum atomic E-state index is 12.2. The van der Waals surface area contributed by atoms with Crippen molar-refractivity contribution in [1.82, 2.24) is 5.32 Å². The number of rotatable bonds is 6. The van der Waals surface area contributed by atoms with Crippen LogP contribution in [-0.4, -0.2) is 19.1 Å². The van der Waals surface area contributed by atoms with Gasteiger partial charge in [-0.25, -0.2) is 4.79 Å². The Kier molecular flexibility index (Phi) is 4.59. The van der Waals surface area contributed by atoms with Gasteiger partial charge in [0.2, 0.25) is 0 Å². The maximum Gasteiger partial charge on any atom is 0.327 e. The lowest BCUT2D eigenvalue weighted by Gasteiger charge is -2.20. The van der Waals surface area contributed by atoms with Gasteiger partial charge in [0, 0.05) is 0 Å². The first-order valence-corrected chi connectivity index (χ1v) is 7.09. The molecular weight excluding hydrogens is 238 g/mol. The molecule has 3 heteroatoms. The molecule has 0 radical (unpaired) electrons. The van der Waals surface area contributed by atoms with E-state index in [1.807, 2.05) is 19.1 Å². The molecule has 1 aromatic carbocycles. The van der Waals surface area contributed by atoms with Crippen LogP contribution in [0.5, 0.6) is 0 Å². The molecule has 0 bridgehead atoms. The molecule has 1 aromatic rings. The SMILES string of the molecule is CCOC(=O)C(NCC1CC1)c1cccc(C)c1C. The van der Waals surface area contributed by atoms with E-state index in [-0.39, 0.29) is 12.0 Å². The molecule has 0 aromatic heterocycles. The first kappa shape index (κ1) is 14.1. The van der Waals surface area contributed by atoms with Crippen molar-refractivity contribution in [3.63, 3.8) is 0 Å². The highest BCUT2D eigenvalue weighted by Crippen LogP contribution is 2.29. The number of esters is 1. The summed E-state index contributed by atoms with van der Waals surface area (Å²) in [5.74, 6) is 0.568. The van der Waals surface area contributed by atoms with E-state index in [1.165, 1.54) is 24.0 Å². The summed E-state index contributed by atoms with van der Waals surface area (Å²) in [4.78, 5) is 12.2. The van der Waals surface area contributed by atoms with Crippen LogP contribution in [0.4, 0.5) is 0 Å². The van der Waals surface area contributed by atoms with E-state index in [9.17, 15) is 4.79 Å². The van der Waals surface area contributed by atoms with Gasteiger partial charge in [0.05, 0.1) is 6.61 Å². The molecule has 1 unspecified atom stereocenters. The van der Waals surface area contributed by atoms with E-state index in [4.69, 9.17) is 4.74 Å². The van der Waals surface area contributed by atoms with Gasteiger partial charge < -0.3 is 10.1 Å². The Bertz CT molecular complexity index is 452. The highest BCUT2D eigenvalue weighted by atomic mass is 16.5. The van der Waals surface area contributed by atoms with E-state index in [0.29, 0.717) is 6.61 Å². The fourth-order valence-electron chi connectivity index (χ4n) is 2.24. The second kappa shape index (κ2) is 6.20. The van der Waals surface area contributed by atoms with Crippen LogP contribution in [0.25, 0.3) is 0 Å². The Balaban J connectivity index is 2.18. The summed E-state index contributed by atoms with van der Waals surface area (Å²) in [6, 6.07) is 5.76. The van der Waals surface area contributed by atoms with Gasteiger partial charge >= 0.3 is 5.97 Å². The minimum atomic E-state index is -0.333. The van der Waals surface area contributed by atoms with Gasteiger partial charge in [-0.05, 0) is 62.8 Å². The topological polar surface area (TPSA) is 38.3 Å². The molecule has 0 amide bonds. The average molecular weight is 261 g/mol. The van der Waals surface area contributed by atoms with E-state index in [2.05, 4.69) is 25.2 Å². The number of hydrogen-bond acceptors (Lipinski definition) is 3. The molecule has 104 valence electrons. The zero-order valence-corrected chi connectivity index (χ0v) is 12.0. The number of ether oxygens (including phenoxy) is 1. The van der Waals surface area contributed by atoms with Crippen molar-refractivity contribution >= 4 is 5.97 Å². The van der Waals surface area contributed by atoms with Crippen LogP contribution in [0.3, 0.4) is 0 Å². The molecule has 1 atom stereocenters. The van der Waals surface area contributed by atoms with Crippen LogP contribution in [0.2, 0.25) is 0 Å². The highest BCUT2D eigenvalue weighted by Gasteiger charge is 2.27. The van der Waals surface area contributed by atoms with Gasteiger partial charge in [-0.1, -0.05) is 18.2 Å². The van der Waals surface area contributed by atoms with Crippen LogP contribution >= 0.6 is 0 Å². The molecule has 1 aliphatic carbocycles. The van der Waals surface area contributed by atoms with Crippen molar-refractivity contribution < 1.29 is 9.53 Å². The first-order chi connectivity index (χ1) is 9.13. The van der Waals surface area contributed by atoms with Gasteiger partial charge in [-0.15, -0.1) is 0 Å². The lowest BCUT2D eigenvalue weighted by Crippen LogP contribution is -2.32. The molecule has 19 heavy (non-hydrogen) atoms. The largest absolute Gasteiger partial charge is 0.465 e. The number of carbonyl (C=O) groups is 1. The van der Waals surface area contributed by atoms with Crippen LogP contribution < -0.4 is 5.32 Å². The van der Waals surface area contributed by atoms with Crippen molar-refractivity contribution in [2.24, 2.45) is 5.92 Å². The predicted octanol–water partition coefficient (Wildman–Crippen LogP) is 2.91. The monoisotopic (exact) mass is 261 g/mol. The Morgan fingerprint density at radius 3 is 2.79 bits per heavy atom. The maximum absolute atomic E-state index is 12.2. The summed E-state index contributed by atoms with van der Waals surface area (Å²) in [5.41, 5.74) is 3.42. The Labute approximate surface area is 115 Å². The van der Waals surface area contributed by atoms with Crippen LogP contribution in [0.1, 0.15) is 42.5 Å². The van der Waals surface area contributed by atoms with E-state index < -0.39 is 0 Å². The third-order valence-electron chi connectivity index (χ3n) is 3.79. The summed E-state index contributed by atoms with van der Waals surface area (Å²) in [7, 11) is 0. The second-order valence-corrected chi connectivity index (χ2v) is 5.33. The average Bonchev–Trinajstić information content (AvgIpc) is 3.19. The highest BCUT2D eigenvalue weighted by molar-refractivity contribution is 5.78. The van der Waals surface area contributed by atoms with Crippen molar-refractivity contribution in [3.05, 3.63) is 34.9 Å². The third kappa shape index (κ3) is 3.57. The van der Waals surface area contributed by atoms with Gasteiger partial charge in [0.15, 0.2) is 0 Å². The molecule has 1 fully saturated rings. The molecule has 1 N–H and O–H groups in total. The lowest BCUT2D eigenvalue weighted by atomic mass is 9.97. The van der Waals surface area contributed by atoms with Crippen LogP contribution in [0.15, 0.2) is 18.2 Å². The van der Waals surface area contributed by atoms with Crippen molar-refractivity contribution in [3.8, 4) is 0 Å². The van der Waals surface area contributed by atoms with E-state index in [0.717, 1.165) is 18.0 Å². The molecule has 1 aliphatic rings. The van der Waals surface area contributed by atoms with Gasteiger partial charge in [-0.3, -0.25) is 0 Å².